The Morgan fingerprint density at radius 3 is 1.50 bits per heavy atom. The summed E-state index contributed by atoms with van der Waals surface area (Å²) >= 11 is 1.98. The Hall–Kier alpha value is -9.42. The molecule has 1 aromatic heterocycles. The van der Waals surface area contributed by atoms with E-state index < -0.39 is 0 Å². The highest BCUT2D eigenvalue weighted by molar-refractivity contribution is 7.33. The Kier molecular flexibility index (Phi) is 11.7. The number of nitrogens with zero attached hydrogens (tertiary/aromatic N) is 3. The number of hydrogen-bond acceptors (Lipinski definition) is 4. The predicted molar refractivity (Wildman–Crippen MR) is 371 cm³/mol. The molecule has 0 fully saturated rings. The van der Waals surface area contributed by atoms with Gasteiger partial charge < -0.3 is 14.7 Å². The molecular weight excluding hydrogens is 1060 g/mol. The van der Waals surface area contributed by atoms with Crippen LogP contribution in [-0.4, -0.2) is 6.71 Å². The highest BCUT2D eigenvalue weighted by Gasteiger charge is 2.48. The third-order valence-electron chi connectivity index (χ3n) is 18.9. The van der Waals surface area contributed by atoms with Crippen LogP contribution in [0.25, 0.3) is 65.0 Å². The Morgan fingerprint density at radius 2 is 0.860 bits per heavy atom. The molecule has 0 saturated heterocycles. The molecule has 12 aromatic carbocycles. The molecule has 0 radical (unpaired) electrons. The lowest BCUT2D eigenvalue weighted by Crippen LogP contribution is -2.61. The van der Waals surface area contributed by atoms with Gasteiger partial charge in [0.25, 0.3) is 6.71 Å². The van der Waals surface area contributed by atoms with Gasteiger partial charge in [-0.05, 0) is 172 Å². The average Bonchev–Trinajstić information content (AvgIpc) is 1.18. The largest absolute Gasteiger partial charge is 0.311 e. The second-order valence-corrected chi connectivity index (χ2v) is 27.6. The van der Waals surface area contributed by atoms with Crippen LogP contribution in [0.4, 0.5) is 51.2 Å². The van der Waals surface area contributed by atoms with E-state index in [1.54, 1.807) is 0 Å². The molecule has 3 aliphatic rings. The zero-order valence-corrected chi connectivity index (χ0v) is 50.9. The third-order valence-corrected chi connectivity index (χ3v) is 20.1. The van der Waals surface area contributed by atoms with Gasteiger partial charge in [0.15, 0.2) is 0 Å². The Bertz CT molecular complexity index is 4860. The van der Waals surface area contributed by atoms with E-state index >= 15 is 0 Å². The van der Waals surface area contributed by atoms with Crippen molar-refractivity contribution in [3.8, 4) is 33.4 Å². The summed E-state index contributed by atoms with van der Waals surface area (Å²) in [6.07, 6.45) is 0. The summed E-state index contributed by atoms with van der Waals surface area (Å²) in [5, 5.41) is 6.26. The molecule has 0 aliphatic carbocycles. The lowest BCUT2D eigenvalue weighted by Gasteiger charge is -2.47. The quantitative estimate of drug-likeness (QED) is 0.121. The van der Waals surface area contributed by atoms with Crippen LogP contribution in [0.3, 0.4) is 0 Å². The second kappa shape index (κ2) is 19.3. The van der Waals surface area contributed by atoms with Gasteiger partial charge in [-0.2, -0.15) is 0 Å². The minimum Gasteiger partial charge on any atom is -0.311 e. The van der Waals surface area contributed by atoms with Crippen molar-refractivity contribution in [2.45, 2.75) is 71.6 Å². The van der Waals surface area contributed by atoms with E-state index in [1.165, 1.54) is 137 Å². The fourth-order valence-electron chi connectivity index (χ4n) is 14.5. The van der Waals surface area contributed by atoms with Crippen LogP contribution >= 0.6 is 11.3 Å². The van der Waals surface area contributed by atoms with Crippen LogP contribution in [0.1, 0.15) is 77.6 Å². The van der Waals surface area contributed by atoms with Crippen molar-refractivity contribution in [3.05, 3.63) is 277 Å². The Morgan fingerprint density at radius 1 is 0.349 bits per heavy atom. The summed E-state index contributed by atoms with van der Waals surface area (Å²) in [7, 11) is 0. The molecule has 414 valence electrons. The summed E-state index contributed by atoms with van der Waals surface area (Å²) in [4.78, 5) is 7.86. The van der Waals surface area contributed by atoms with Gasteiger partial charge in [0, 0.05) is 54.4 Å². The van der Waals surface area contributed by atoms with Gasteiger partial charge in [0.2, 0.25) is 0 Å². The second-order valence-electron chi connectivity index (χ2n) is 26.5. The SMILES string of the molecule is CC(C)(C)c1cc2c3c(c1)N(c1ccc4c(-c5ccccc5)c5ccccc5c(-c5ccccc5)c4c1)c1c(sc4ccc(C(C)(C)C)cc14)B3c1cc3c(cc1N2c1ccc(-c2ccccc2)cc1)N(c1ccccc1)c1ccccc1C3(C)C. The van der Waals surface area contributed by atoms with Crippen LogP contribution in [0.5, 0.6) is 0 Å². The van der Waals surface area contributed by atoms with Gasteiger partial charge in [-0.3, -0.25) is 0 Å². The van der Waals surface area contributed by atoms with Crippen molar-refractivity contribution < 1.29 is 0 Å². The molecule has 0 N–H and O–H groups in total. The fourth-order valence-corrected chi connectivity index (χ4v) is 15.8. The minimum absolute atomic E-state index is 0.0744. The van der Waals surface area contributed by atoms with Gasteiger partial charge in [0.1, 0.15) is 0 Å². The van der Waals surface area contributed by atoms with Crippen molar-refractivity contribution in [2.24, 2.45) is 0 Å². The summed E-state index contributed by atoms with van der Waals surface area (Å²) < 4.78 is 2.66. The lowest BCUT2D eigenvalue weighted by molar-refractivity contribution is 0.590. The molecule has 0 bridgehead atoms. The molecule has 3 nitrogen and oxygen atoms in total. The molecule has 5 heteroatoms. The monoisotopic (exact) mass is 1120 g/mol. The summed E-state index contributed by atoms with van der Waals surface area (Å²) in [5.74, 6) is 0. The summed E-state index contributed by atoms with van der Waals surface area (Å²) in [6.45, 7) is 19.0. The third kappa shape index (κ3) is 8.01. The van der Waals surface area contributed by atoms with Crippen molar-refractivity contribution in [3.63, 3.8) is 0 Å². The molecule has 13 aromatic rings. The van der Waals surface area contributed by atoms with Gasteiger partial charge in [0.05, 0.1) is 17.1 Å². The van der Waals surface area contributed by atoms with Crippen LogP contribution in [0.15, 0.2) is 255 Å². The van der Waals surface area contributed by atoms with Crippen molar-refractivity contribution in [2.75, 3.05) is 14.7 Å². The first-order chi connectivity index (χ1) is 41.7. The predicted octanol–water partition coefficient (Wildman–Crippen LogP) is 21.0. The van der Waals surface area contributed by atoms with Crippen molar-refractivity contribution in [1.29, 1.82) is 0 Å². The first kappa shape index (κ1) is 52.2. The molecule has 0 atom stereocenters. The Balaban J connectivity index is 1.04. The number of benzene rings is 12. The molecule has 0 spiro atoms. The number of hydrogen-bond donors (Lipinski definition) is 0. The number of fused-ring (bicyclic) bond motifs is 10. The van der Waals surface area contributed by atoms with Crippen LogP contribution < -0.4 is 30.4 Å². The van der Waals surface area contributed by atoms with Crippen LogP contribution in [0, 0.1) is 0 Å². The first-order valence-electron chi connectivity index (χ1n) is 30.4. The van der Waals surface area contributed by atoms with E-state index in [1.807, 2.05) is 11.3 Å². The molecule has 16 rings (SSSR count). The van der Waals surface area contributed by atoms with Gasteiger partial charge in [-0.15, -0.1) is 11.3 Å². The van der Waals surface area contributed by atoms with Crippen LogP contribution in [0.2, 0.25) is 0 Å². The standard InChI is InChI=1S/C81H66BN3S/c1-79(2,3)55-39-44-73-64(45-55)77-78(86-73)82-67-49-66-69(83(57-31-19-12-20-32-57)68-36-24-23-35-65(68)81(66,7)8)50-70(67)84(58-40-37-52(38-41-58)51-25-13-9-14-26-51)71-46-56(80(4,5)6)47-72(76(71)82)85(77)59-42-43-62-63(48-59)75(54-29-17-11-18-30-54)61-34-22-21-33-60(61)74(62)53-27-15-10-16-28-53/h9-50H,1-8H3. The number of para-hydroxylation sites is 2. The first-order valence-corrected chi connectivity index (χ1v) is 31.3. The van der Waals surface area contributed by atoms with Gasteiger partial charge in [-0.1, -0.05) is 237 Å². The van der Waals surface area contributed by atoms with E-state index in [0.717, 1.165) is 17.1 Å². The van der Waals surface area contributed by atoms with E-state index in [4.69, 9.17) is 0 Å². The maximum Gasteiger partial charge on any atom is 0.264 e. The molecule has 4 heterocycles. The van der Waals surface area contributed by atoms with Gasteiger partial charge in [-0.25, -0.2) is 0 Å². The molecule has 0 amide bonds. The highest BCUT2D eigenvalue weighted by atomic mass is 32.1. The van der Waals surface area contributed by atoms with Crippen molar-refractivity contribution >= 4 is 117 Å². The van der Waals surface area contributed by atoms with Crippen molar-refractivity contribution in [1.82, 2.24) is 0 Å². The molecule has 0 unspecified atom stereocenters. The Labute approximate surface area is 510 Å². The normalized spacial score (nSPS) is 14.0. The topological polar surface area (TPSA) is 9.72 Å². The number of thiophene rings is 1. The summed E-state index contributed by atoms with van der Waals surface area (Å²) in [6, 6.07) is 96.5. The van der Waals surface area contributed by atoms with E-state index in [2.05, 4.69) is 325 Å². The van der Waals surface area contributed by atoms with E-state index in [0.29, 0.717) is 0 Å². The highest BCUT2D eigenvalue weighted by Crippen LogP contribution is 2.56. The minimum atomic E-state index is -0.330. The fraction of sp³-hybridized carbons (Fsp3) is 0.136. The average molecular weight is 1120 g/mol. The molecular formula is C81H66BN3S. The zero-order chi connectivity index (χ0) is 58.4. The smallest absolute Gasteiger partial charge is 0.264 e. The van der Waals surface area contributed by atoms with Crippen LogP contribution in [-0.2, 0) is 16.2 Å². The zero-order valence-electron chi connectivity index (χ0n) is 50.1. The number of anilines is 9. The lowest BCUT2D eigenvalue weighted by atomic mass is 9.35. The molecule has 86 heavy (non-hydrogen) atoms. The maximum atomic E-state index is 2.70. The van der Waals surface area contributed by atoms with Gasteiger partial charge >= 0.3 is 0 Å². The summed E-state index contributed by atoms with van der Waals surface area (Å²) in [5.41, 5.74) is 25.4. The van der Waals surface area contributed by atoms with E-state index in [-0.39, 0.29) is 23.0 Å². The number of rotatable bonds is 6. The van der Waals surface area contributed by atoms with E-state index in [9.17, 15) is 0 Å². The maximum absolute atomic E-state index is 2.70. The molecule has 0 saturated carbocycles. The molecule has 3 aliphatic heterocycles.